The first-order chi connectivity index (χ1) is 11.7. The Bertz CT molecular complexity index is 588. The van der Waals surface area contributed by atoms with Gasteiger partial charge in [0.25, 0.3) is 0 Å². The van der Waals surface area contributed by atoms with Gasteiger partial charge in [-0.3, -0.25) is 9.59 Å². The van der Waals surface area contributed by atoms with Crippen LogP contribution < -0.4 is 15.4 Å². The van der Waals surface area contributed by atoms with Crippen LogP contribution in [0.1, 0.15) is 31.2 Å². The molecule has 6 nitrogen and oxygen atoms in total. The van der Waals surface area contributed by atoms with Gasteiger partial charge in [-0.1, -0.05) is 12.1 Å². The number of benzene rings is 1. The van der Waals surface area contributed by atoms with E-state index in [4.69, 9.17) is 4.74 Å². The first-order valence-electron chi connectivity index (χ1n) is 8.60. The molecule has 0 aromatic heterocycles. The molecule has 1 aromatic carbocycles. The van der Waals surface area contributed by atoms with Gasteiger partial charge in [0.2, 0.25) is 11.8 Å². The second kappa shape index (κ2) is 9.06. The van der Waals surface area contributed by atoms with Gasteiger partial charge < -0.3 is 20.3 Å². The molecule has 0 spiro atoms. The minimum Gasteiger partial charge on any atom is -0.497 e. The third-order valence-corrected chi connectivity index (χ3v) is 4.76. The highest BCUT2D eigenvalue weighted by Crippen LogP contribution is 2.18. The van der Waals surface area contributed by atoms with Gasteiger partial charge in [-0.05, 0) is 43.5 Å². The van der Waals surface area contributed by atoms with Crippen LogP contribution in [-0.4, -0.2) is 49.0 Å². The van der Waals surface area contributed by atoms with Crippen molar-refractivity contribution >= 4 is 24.2 Å². The molecule has 2 amide bonds. The van der Waals surface area contributed by atoms with Crippen molar-refractivity contribution in [3.8, 4) is 5.75 Å². The molecule has 2 unspecified atom stereocenters. The summed E-state index contributed by atoms with van der Waals surface area (Å²) in [4.78, 5) is 26.4. The van der Waals surface area contributed by atoms with E-state index in [-0.39, 0.29) is 36.3 Å². The van der Waals surface area contributed by atoms with E-state index in [1.165, 1.54) is 0 Å². The number of amides is 2. The molecule has 0 bridgehead atoms. The van der Waals surface area contributed by atoms with E-state index in [1.807, 2.05) is 24.3 Å². The lowest BCUT2D eigenvalue weighted by atomic mass is 10.1. The first-order valence-corrected chi connectivity index (χ1v) is 8.60. The van der Waals surface area contributed by atoms with Crippen molar-refractivity contribution in [1.29, 1.82) is 0 Å². The molecule has 0 radical (unpaired) electrons. The summed E-state index contributed by atoms with van der Waals surface area (Å²) in [5.41, 5.74) is 1.06. The highest BCUT2D eigenvalue weighted by molar-refractivity contribution is 5.89. The van der Waals surface area contributed by atoms with Crippen LogP contribution in [-0.2, 0) is 16.1 Å². The molecule has 2 atom stereocenters. The Hall–Kier alpha value is -1.79. The second-order valence-electron chi connectivity index (χ2n) is 6.51. The number of likely N-dealkylation sites (tertiary alicyclic amines) is 1. The molecule has 2 heterocycles. The van der Waals surface area contributed by atoms with Crippen LogP contribution >= 0.6 is 12.4 Å². The van der Waals surface area contributed by atoms with Crippen molar-refractivity contribution in [2.45, 2.75) is 44.3 Å². The van der Waals surface area contributed by atoms with E-state index in [2.05, 4.69) is 10.6 Å². The summed E-state index contributed by atoms with van der Waals surface area (Å²) in [7, 11) is 1.63. The Balaban J connectivity index is 0.00000225. The lowest BCUT2D eigenvalue weighted by molar-refractivity contribution is -0.133. The first kappa shape index (κ1) is 19.5. The number of nitrogens with one attached hydrogen (secondary N) is 2. The molecule has 2 saturated heterocycles. The Kier molecular flexibility index (Phi) is 7.08. The minimum atomic E-state index is -0.378. The normalized spacial score (nSPS) is 22.6. The van der Waals surface area contributed by atoms with Crippen LogP contribution in [0.4, 0.5) is 0 Å². The van der Waals surface area contributed by atoms with E-state index in [9.17, 15) is 9.59 Å². The van der Waals surface area contributed by atoms with Crippen LogP contribution in [0.3, 0.4) is 0 Å². The third kappa shape index (κ3) is 5.09. The lowest BCUT2D eigenvalue weighted by Gasteiger charge is -2.18. The molecule has 0 aliphatic carbocycles. The standard InChI is InChI=1S/C18H25N3O3.ClH/c1-24-15-6-4-13(5-7-15)12-21-10-8-16(18(21)23)20-17(22)11-14-3-2-9-19-14;/h4-7,14,16,19H,2-3,8-12H2,1H3,(H,20,22);1H. The number of hydrogen-bond donors (Lipinski definition) is 2. The number of carbonyl (C=O) groups excluding carboxylic acids is 2. The fraction of sp³-hybridized carbons (Fsp3) is 0.556. The molecule has 0 saturated carbocycles. The van der Waals surface area contributed by atoms with Crippen molar-refractivity contribution in [2.24, 2.45) is 0 Å². The average Bonchev–Trinajstić information content (AvgIpc) is 3.21. The summed E-state index contributed by atoms with van der Waals surface area (Å²) in [6.07, 6.45) is 3.30. The van der Waals surface area contributed by atoms with Gasteiger partial charge in [0.15, 0.2) is 0 Å². The fourth-order valence-corrected chi connectivity index (χ4v) is 3.39. The van der Waals surface area contributed by atoms with Crippen molar-refractivity contribution in [3.63, 3.8) is 0 Å². The summed E-state index contributed by atoms with van der Waals surface area (Å²) >= 11 is 0. The summed E-state index contributed by atoms with van der Waals surface area (Å²) in [5, 5.41) is 6.21. The van der Waals surface area contributed by atoms with Crippen LogP contribution in [0.2, 0.25) is 0 Å². The predicted molar refractivity (Wildman–Crippen MR) is 97.8 cm³/mol. The zero-order chi connectivity index (χ0) is 16.9. The molecule has 3 rings (SSSR count). The minimum absolute atomic E-state index is 0. The fourth-order valence-electron chi connectivity index (χ4n) is 3.39. The van der Waals surface area contributed by atoms with E-state index in [1.54, 1.807) is 12.0 Å². The van der Waals surface area contributed by atoms with E-state index in [0.29, 0.717) is 25.9 Å². The van der Waals surface area contributed by atoms with Crippen molar-refractivity contribution < 1.29 is 14.3 Å². The Morgan fingerprint density at radius 1 is 1.32 bits per heavy atom. The molecule has 2 N–H and O–H groups in total. The molecular weight excluding hydrogens is 342 g/mol. The van der Waals surface area contributed by atoms with Crippen LogP contribution in [0.5, 0.6) is 5.75 Å². The smallest absolute Gasteiger partial charge is 0.245 e. The second-order valence-corrected chi connectivity index (χ2v) is 6.51. The van der Waals surface area contributed by atoms with E-state index in [0.717, 1.165) is 30.7 Å². The van der Waals surface area contributed by atoms with E-state index >= 15 is 0 Å². The summed E-state index contributed by atoms with van der Waals surface area (Å²) < 4.78 is 5.14. The number of rotatable bonds is 6. The summed E-state index contributed by atoms with van der Waals surface area (Å²) in [5.74, 6) is 0.787. The van der Waals surface area contributed by atoms with Crippen molar-refractivity contribution in [3.05, 3.63) is 29.8 Å². The zero-order valence-electron chi connectivity index (χ0n) is 14.5. The van der Waals surface area contributed by atoms with Gasteiger partial charge in [0.05, 0.1) is 7.11 Å². The molecule has 25 heavy (non-hydrogen) atoms. The quantitative estimate of drug-likeness (QED) is 0.799. The van der Waals surface area contributed by atoms with Gasteiger partial charge in [-0.2, -0.15) is 0 Å². The highest BCUT2D eigenvalue weighted by Gasteiger charge is 2.33. The molecular formula is C18H26ClN3O3. The highest BCUT2D eigenvalue weighted by atomic mass is 35.5. The molecule has 1 aromatic rings. The number of nitrogens with zero attached hydrogens (tertiary/aromatic N) is 1. The number of halogens is 1. The number of ether oxygens (including phenoxy) is 1. The predicted octanol–water partition coefficient (Wildman–Crippen LogP) is 1.48. The van der Waals surface area contributed by atoms with Gasteiger partial charge >= 0.3 is 0 Å². The Morgan fingerprint density at radius 3 is 2.72 bits per heavy atom. The SMILES string of the molecule is COc1ccc(CN2CCC(NC(=O)CC3CCCN3)C2=O)cc1.Cl. The number of methoxy groups -OCH3 is 1. The van der Waals surface area contributed by atoms with Crippen LogP contribution in [0, 0.1) is 0 Å². The van der Waals surface area contributed by atoms with Crippen molar-refractivity contribution in [1.82, 2.24) is 15.5 Å². The molecule has 7 heteroatoms. The van der Waals surface area contributed by atoms with Crippen molar-refractivity contribution in [2.75, 3.05) is 20.2 Å². The summed E-state index contributed by atoms with van der Waals surface area (Å²) in [6, 6.07) is 7.59. The number of carbonyl (C=O) groups is 2. The zero-order valence-corrected chi connectivity index (χ0v) is 15.3. The molecule has 2 aliphatic heterocycles. The maximum Gasteiger partial charge on any atom is 0.245 e. The maximum absolute atomic E-state index is 12.5. The van der Waals surface area contributed by atoms with Gasteiger partial charge in [0, 0.05) is 25.6 Å². The van der Waals surface area contributed by atoms with E-state index < -0.39 is 0 Å². The largest absolute Gasteiger partial charge is 0.497 e. The van der Waals surface area contributed by atoms with Gasteiger partial charge in [-0.15, -0.1) is 12.4 Å². The topological polar surface area (TPSA) is 70.7 Å². The number of hydrogen-bond acceptors (Lipinski definition) is 4. The molecule has 138 valence electrons. The van der Waals surface area contributed by atoms with Crippen LogP contribution in [0.15, 0.2) is 24.3 Å². The summed E-state index contributed by atoms with van der Waals surface area (Å²) in [6.45, 7) is 2.23. The average molecular weight is 368 g/mol. The van der Waals surface area contributed by atoms with Crippen LogP contribution in [0.25, 0.3) is 0 Å². The molecule has 2 fully saturated rings. The third-order valence-electron chi connectivity index (χ3n) is 4.76. The van der Waals surface area contributed by atoms with Gasteiger partial charge in [-0.25, -0.2) is 0 Å². The monoisotopic (exact) mass is 367 g/mol. The Morgan fingerprint density at radius 2 is 2.08 bits per heavy atom. The molecule has 2 aliphatic rings. The Labute approximate surface area is 154 Å². The maximum atomic E-state index is 12.5. The lowest BCUT2D eigenvalue weighted by Crippen LogP contribution is -2.43. The van der Waals surface area contributed by atoms with Gasteiger partial charge in [0.1, 0.15) is 11.8 Å².